The molecule has 0 saturated carbocycles. The Bertz CT molecular complexity index is 667. The topological polar surface area (TPSA) is 35.6 Å². The van der Waals surface area contributed by atoms with Gasteiger partial charge in [0.2, 0.25) is 5.91 Å². The van der Waals surface area contributed by atoms with E-state index < -0.39 is 0 Å². The Morgan fingerprint density at radius 3 is 2.24 bits per heavy atom. The molecule has 1 fully saturated rings. The molecule has 0 unspecified atom stereocenters. The number of carbonyl (C=O) groups is 1. The Labute approximate surface area is 148 Å². The highest BCUT2D eigenvalue weighted by molar-refractivity contribution is 5.90. The van der Waals surface area contributed by atoms with Crippen LogP contribution in [0.2, 0.25) is 0 Å². The van der Waals surface area contributed by atoms with Gasteiger partial charge in [-0.1, -0.05) is 30.3 Å². The molecule has 1 saturated heterocycles. The van der Waals surface area contributed by atoms with E-state index in [2.05, 4.69) is 39.4 Å². The fraction of sp³-hybridized carbons (Fsp3) is 0.350. The van der Waals surface area contributed by atoms with Gasteiger partial charge in [-0.15, -0.1) is 0 Å². The predicted octanol–water partition coefficient (Wildman–Crippen LogP) is 2.97. The smallest absolute Gasteiger partial charge is 0.225 e. The molecule has 1 heterocycles. The number of benzene rings is 2. The van der Waals surface area contributed by atoms with Crippen LogP contribution in [0.4, 0.5) is 10.1 Å². The molecule has 1 amide bonds. The van der Waals surface area contributed by atoms with Crippen LogP contribution in [-0.4, -0.2) is 48.4 Å². The average molecular weight is 341 g/mol. The second-order valence-electron chi connectivity index (χ2n) is 6.41. The van der Waals surface area contributed by atoms with Crippen molar-refractivity contribution in [3.05, 3.63) is 66.0 Å². The van der Waals surface area contributed by atoms with E-state index in [0.717, 1.165) is 39.3 Å². The first-order valence-electron chi connectivity index (χ1n) is 8.73. The van der Waals surface area contributed by atoms with Gasteiger partial charge in [-0.2, -0.15) is 0 Å². The third kappa shape index (κ3) is 5.66. The fourth-order valence-corrected chi connectivity index (χ4v) is 3.03. The molecule has 0 spiro atoms. The molecule has 4 nitrogen and oxygen atoms in total. The highest BCUT2D eigenvalue weighted by atomic mass is 19.1. The van der Waals surface area contributed by atoms with Crippen LogP contribution in [0.5, 0.6) is 0 Å². The minimum Gasteiger partial charge on any atom is -0.326 e. The molecular formula is C20H24FN3O. The fourth-order valence-electron chi connectivity index (χ4n) is 3.03. The van der Waals surface area contributed by atoms with Crippen molar-refractivity contribution in [2.45, 2.75) is 13.0 Å². The first kappa shape index (κ1) is 17.6. The second kappa shape index (κ2) is 8.74. The quantitative estimate of drug-likeness (QED) is 0.877. The highest BCUT2D eigenvalue weighted by Crippen LogP contribution is 2.10. The number of rotatable bonds is 6. The van der Waals surface area contributed by atoms with Crippen LogP contribution >= 0.6 is 0 Å². The van der Waals surface area contributed by atoms with Crippen LogP contribution < -0.4 is 5.32 Å². The first-order chi connectivity index (χ1) is 12.2. The second-order valence-corrected chi connectivity index (χ2v) is 6.41. The Morgan fingerprint density at radius 2 is 1.56 bits per heavy atom. The lowest BCUT2D eigenvalue weighted by atomic mass is 10.2. The van der Waals surface area contributed by atoms with E-state index in [0.29, 0.717) is 12.1 Å². The summed E-state index contributed by atoms with van der Waals surface area (Å²) in [6.45, 7) is 5.75. The van der Waals surface area contributed by atoms with Gasteiger partial charge in [0.25, 0.3) is 0 Å². The number of amides is 1. The van der Waals surface area contributed by atoms with E-state index in [1.54, 1.807) is 12.1 Å². The van der Waals surface area contributed by atoms with Crippen LogP contribution in [-0.2, 0) is 11.3 Å². The van der Waals surface area contributed by atoms with Gasteiger partial charge in [0.05, 0.1) is 0 Å². The van der Waals surface area contributed by atoms with Crippen molar-refractivity contribution >= 4 is 11.6 Å². The average Bonchev–Trinajstić information content (AvgIpc) is 2.64. The van der Waals surface area contributed by atoms with Crippen LogP contribution in [0.15, 0.2) is 54.6 Å². The number of carbonyl (C=O) groups excluding carboxylic acids is 1. The van der Waals surface area contributed by atoms with Crippen LogP contribution in [0.25, 0.3) is 0 Å². The molecule has 2 aromatic carbocycles. The molecule has 5 heteroatoms. The summed E-state index contributed by atoms with van der Waals surface area (Å²) in [7, 11) is 0. The van der Waals surface area contributed by atoms with E-state index in [1.165, 1.54) is 17.7 Å². The number of nitrogens with one attached hydrogen (secondary N) is 1. The summed E-state index contributed by atoms with van der Waals surface area (Å²) in [6, 6.07) is 16.4. The monoisotopic (exact) mass is 341 g/mol. The molecule has 1 aliphatic heterocycles. The van der Waals surface area contributed by atoms with Crippen molar-refractivity contribution < 1.29 is 9.18 Å². The minimum atomic E-state index is -0.300. The Balaban J connectivity index is 1.36. The van der Waals surface area contributed by atoms with Gasteiger partial charge >= 0.3 is 0 Å². The molecule has 0 aromatic heterocycles. The first-order valence-corrected chi connectivity index (χ1v) is 8.73. The maximum atomic E-state index is 12.9. The van der Waals surface area contributed by atoms with Crippen molar-refractivity contribution in [2.24, 2.45) is 0 Å². The van der Waals surface area contributed by atoms with Gasteiger partial charge in [-0.25, -0.2) is 4.39 Å². The van der Waals surface area contributed by atoms with E-state index >= 15 is 0 Å². The molecule has 3 rings (SSSR count). The standard InChI is InChI=1S/C20H24FN3O/c21-18-6-8-19(9-7-18)22-20(25)10-11-23-12-14-24(15-13-23)16-17-4-2-1-3-5-17/h1-9H,10-16H2,(H,22,25). The maximum Gasteiger partial charge on any atom is 0.225 e. The van der Waals surface area contributed by atoms with Gasteiger partial charge in [0.1, 0.15) is 5.82 Å². The Morgan fingerprint density at radius 1 is 0.920 bits per heavy atom. The lowest BCUT2D eigenvalue weighted by Gasteiger charge is -2.34. The zero-order chi connectivity index (χ0) is 17.5. The molecular weight excluding hydrogens is 317 g/mol. The van der Waals surface area contributed by atoms with Crippen LogP contribution in [0.1, 0.15) is 12.0 Å². The summed E-state index contributed by atoms with van der Waals surface area (Å²) in [5.74, 6) is -0.329. The van der Waals surface area contributed by atoms with E-state index in [1.807, 2.05) is 6.07 Å². The molecule has 1 N–H and O–H groups in total. The van der Waals surface area contributed by atoms with E-state index in [4.69, 9.17) is 0 Å². The summed E-state index contributed by atoms with van der Waals surface area (Å²) >= 11 is 0. The van der Waals surface area contributed by atoms with Gasteiger partial charge < -0.3 is 10.2 Å². The summed E-state index contributed by atoms with van der Waals surface area (Å²) in [4.78, 5) is 16.8. The number of nitrogens with zero attached hydrogens (tertiary/aromatic N) is 2. The number of halogens is 1. The number of hydrogen-bond acceptors (Lipinski definition) is 3. The molecule has 0 radical (unpaired) electrons. The minimum absolute atomic E-state index is 0.0293. The molecule has 0 aliphatic carbocycles. The highest BCUT2D eigenvalue weighted by Gasteiger charge is 2.17. The predicted molar refractivity (Wildman–Crippen MR) is 97.8 cm³/mol. The van der Waals surface area contributed by atoms with Crippen molar-refractivity contribution in [3.8, 4) is 0 Å². The zero-order valence-electron chi connectivity index (χ0n) is 14.3. The summed E-state index contributed by atoms with van der Waals surface area (Å²) in [5, 5.41) is 2.81. The third-order valence-corrected chi connectivity index (χ3v) is 4.50. The van der Waals surface area contributed by atoms with Crippen molar-refractivity contribution in [1.82, 2.24) is 9.80 Å². The largest absolute Gasteiger partial charge is 0.326 e. The molecule has 0 atom stereocenters. The van der Waals surface area contributed by atoms with Crippen LogP contribution in [0.3, 0.4) is 0 Å². The van der Waals surface area contributed by atoms with Gasteiger partial charge in [-0.3, -0.25) is 9.69 Å². The SMILES string of the molecule is O=C(CCN1CCN(Cc2ccccc2)CC1)Nc1ccc(F)cc1. The number of piperazine rings is 1. The van der Waals surface area contributed by atoms with E-state index in [-0.39, 0.29) is 11.7 Å². The Kier molecular flexibility index (Phi) is 6.14. The van der Waals surface area contributed by atoms with Crippen molar-refractivity contribution in [1.29, 1.82) is 0 Å². The van der Waals surface area contributed by atoms with Gasteiger partial charge in [-0.05, 0) is 29.8 Å². The number of hydrogen-bond donors (Lipinski definition) is 1. The van der Waals surface area contributed by atoms with Gasteiger partial charge in [0, 0.05) is 51.4 Å². The van der Waals surface area contributed by atoms with Gasteiger partial charge in [0.15, 0.2) is 0 Å². The molecule has 0 bridgehead atoms. The van der Waals surface area contributed by atoms with Crippen molar-refractivity contribution in [3.63, 3.8) is 0 Å². The zero-order valence-corrected chi connectivity index (χ0v) is 14.3. The lowest BCUT2D eigenvalue weighted by Crippen LogP contribution is -2.46. The third-order valence-electron chi connectivity index (χ3n) is 4.50. The Hall–Kier alpha value is -2.24. The summed E-state index contributed by atoms with van der Waals surface area (Å²) < 4.78 is 12.9. The lowest BCUT2D eigenvalue weighted by molar-refractivity contribution is -0.116. The van der Waals surface area contributed by atoms with Crippen LogP contribution in [0, 0.1) is 5.82 Å². The van der Waals surface area contributed by atoms with E-state index in [9.17, 15) is 9.18 Å². The van der Waals surface area contributed by atoms with Crippen molar-refractivity contribution in [2.75, 3.05) is 38.0 Å². The molecule has 25 heavy (non-hydrogen) atoms. The maximum absolute atomic E-state index is 12.9. The normalized spacial score (nSPS) is 15.9. The summed E-state index contributed by atoms with van der Waals surface area (Å²) in [6.07, 6.45) is 0.454. The summed E-state index contributed by atoms with van der Waals surface area (Å²) in [5.41, 5.74) is 1.98. The molecule has 132 valence electrons. The number of anilines is 1. The molecule has 1 aliphatic rings. The molecule has 2 aromatic rings.